The second-order valence-corrected chi connectivity index (χ2v) is 18.5. The molecule has 3 saturated heterocycles. The average molecular weight is 916 g/mol. The van der Waals surface area contributed by atoms with E-state index in [2.05, 4.69) is 25.4 Å². The van der Waals surface area contributed by atoms with Crippen LogP contribution in [0.3, 0.4) is 0 Å². The van der Waals surface area contributed by atoms with E-state index >= 15 is 0 Å². The largest absolute Gasteiger partial charge is 0.490 e. The quantitative estimate of drug-likeness (QED) is 0.114. The summed E-state index contributed by atoms with van der Waals surface area (Å²) in [5.41, 5.74) is 4.05. The van der Waals surface area contributed by atoms with Gasteiger partial charge in [-0.1, -0.05) is 6.92 Å². The van der Waals surface area contributed by atoms with Crippen molar-refractivity contribution in [2.24, 2.45) is 11.8 Å². The van der Waals surface area contributed by atoms with Gasteiger partial charge in [0, 0.05) is 94.0 Å². The number of pyridine rings is 1. The summed E-state index contributed by atoms with van der Waals surface area (Å²) < 4.78 is 26.2. The molecule has 352 valence electrons. The van der Waals surface area contributed by atoms with Gasteiger partial charge in [-0.15, -0.1) is 0 Å². The lowest BCUT2D eigenvalue weighted by molar-refractivity contribution is -0.136. The number of imide groups is 2. The number of piperazine rings is 1. The number of halogens is 1. The van der Waals surface area contributed by atoms with E-state index < -0.39 is 29.7 Å². The fraction of sp³-hybridized carbons (Fsp3) is 0.471. The van der Waals surface area contributed by atoms with E-state index in [0.717, 1.165) is 110 Å². The van der Waals surface area contributed by atoms with Gasteiger partial charge in [-0.3, -0.25) is 48.9 Å². The molecule has 1 aliphatic carbocycles. The summed E-state index contributed by atoms with van der Waals surface area (Å²) >= 11 is 0. The Labute approximate surface area is 389 Å². The number of piperidine rings is 2. The van der Waals surface area contributed by atoms with Crippen LogP contribution < -0.4 is 20.3 Å². The van der Waals surface area contributed by atoms with E-state index in [-0.39, 0.29) is 59.5 Å². The van der Waals surface area contributed by atoms with Crippen LogP contribution in [0.25, 0.3) is 10.9 Å². The van der Waals surface area contributed by atoms with Crippen LogP contribution in [0.2, 0.25) is 0 Å². The number of aromatic nitrogens is 1. The highest BCUT2D eigenvalue weighted by Gasteiger charge is 2.45. The van der Waals surface area contributed by atoms with E-state index in [1.165, 1.54) is 6.07 Å². The van der Waals surface area contributed by atoms with Gasteiger partial charge in [-0.25, -0.2) is 4.39 Å². The molecule has 1 saturated carbocycles. The first-order valence-electron chi connectivity index (χ1n) is 23.8. The highest BCUT2D eigenvalue weighted by atomic mass is 19.1. The molecule has 5 heterocycles. The van der Waals surface area contributed by atoms with Crippen LogP contribution in [0, 0.1) is 17.7 Å². The van der Waals surface area contributed by atoms with Crippen molar-refractivity contribution in [3.63, 3.8) is 0 Å². The standard InChI is InChI=1S/C51H58FN7O8/c1-32(33-2-4-34(5-3-33)40-16-20-53-44-13-6-35(52)30-42(40)44)48(62)54-36-7-10-38(11-8-36)67-39-17-21-58(22-18-39)47(61)19-28-66-29-27-56-23-25-57(26-24-56)37-9-12-41-43(31-37)51(65)59(50(41)64)45-14-15-46(60)55-49(45)63/h6-13,16,20,30-34,39,45H,2-5,14-15,17-19,21-29H2,1H3,(H,54,62)(H,55,60,63)/t32-,33-,34+,45?/m1/s1. The first-order valence-corrected chi connectivity index (χ1v) is 23.8. The molecule has 4 fully saturated rings. The molecule has 2 N–H and O–H groups in total. The maximum absolute atomic E-state index is 14.1. The normalized spacial score (nSPS) is 22.2. The molecule has 3 aromatic carbocycles. The predicted molar refractivity (Wildman–Crippen MR) is 248 cm³/mol. The van der Waals surface area contributed by atoms with Crippen molar-refractivity contribution in [3.05, 3.63) is 95.4 Å². The highest BCUT2D eigenvalue weighted by Crippen LogP contribution is 2.41. The molecule has 9 rings (SSSR count). The van der Waals surface area contributed by atoms with Gasteiger partial charge in [0.05, 0.1) is 36.3 Å². The van der Waals surface area contributed by atoms with Crippen LogP contribution >= 0.6 is 0 Å². The fourth-order valence-corrected chi connectivity index (χ4v) is 10.4. The van der Waals surface area contributed by atoms with Crippen LogP contribution in [-0.4, -0.2) is 126 Å². The molecule has 67 heavy (non-hydrogen) atoms. The van der Waals surface area contributed by atoms with Crippen molar-refractivity contribution in [1.82, 2.24) is 25.0 Å². The predicted octanol–water partition coefficient (Wildman–Crippen LogP) is 5.92. The van der Waals surface area contributed by atoms with Crippen molar-refractivity contribution in [1.29, 1.82) is 0 Å². The molecule has 4 aromatic rings. The zero-order chi connectivity index (χ0) is 46.6. The smallest absolute Gasteiger partial charge is 0.262 e. The number of anilines is 2. The number of carbonyl (C=O) groups is 6. The Morgan fingerprint density at radius 1 is 0.821 bits per heavy atom. The number of nitrogens with zero attached hydrogens (tertiary/aromatic N) is 5. The van der Waals surface area contributed by atoms with Crippen LogP contribution in [0.4, 0.5) is 15.8 Å². The van der Waals surface area contributed by atoms with Crippen LogP contribution in [0.15, 0.2) is 72.9 Å². The van der Waals surface area contributed by atoms with E-state index in [4.69, 9.17) is 9.47 Å². The summed E-state index contributed by atoms with van der Waals surface area (Å²) in [6.07, 6.45) is 7.52. The number of benzene rings is 3. The Balaban J connectivity index is 0.633. The number of likely N-dealkylation sites (tertiary alicyclic amines) is 1. The summed E-state index contributed by atoms with van der Waals surface area (Å²) in [5, 5.41) is 6.20. The number of hydrogen-bond acceptors (Lipinski definition) is 11. The number of amides is 6. The maximum atomic E-state index is 14.1. The number of nitrogens with one attached hydrogen (secondary N) is 2. The number of hydrogen-bond donors (Lipinski definition) is 2. The van der Waals surface area contributed by atoms with Gasteiger partial charge in [0.25, 0.3) is 11.8 Å². The minimum absolute atomic E-state index is 0.00449. The zero-order valence-electron chi connectivity index (χ0n) is 37.9. The second-order valence-electron chi connectivity index (χ2n) is 18.5. The van der Waals surface area contributed by atoms with Gasteiger partial charge in [0.15, 0.2) is 0 Å². The molecule has 4 aliphatic heterocycles. The minimum atomic E-state index is -0.992. The molecular formula is C51H58FN7O8. The third-order valence-electron chi connectivity index (χ3n) is 14.5. The van der Waals surface area contributed by atoms with Crippen molar-refractivity contribution in [2.45, 2.75) is 82.8 Å². The molecule has 1 unspecified atom stereocenters. The van der Waals surface area contributed by atoms with Gasteiger partial charge in [0.2, 0.25) is 23.6 Å². The van der Waals surface area contributed by atoms with Crippen LogP contribution in [0.1, 0.15) is 96.9 Å². The van der Waals surface area contributed by atoms with E-state index in [1.54, 1.807) is 30.5 Å². The summed E-state index contributed by atoms with van der Waals surface area (Å²) in [5.74, 6) is -1.05. The Morgan fingerprint density at radius 3 is 2.31 bits per heavy atom. The molecule has 2 atom stereocenters. The lowest BCUT2D eigenvalue weighted by atomic mass is 9.73. The van der Waals surface area contributed by atoms with Gasteiger partial charge < -0.3 is 24.6 Å². The molecule has 16 heteroatoms. The van der Waals surface area contributed by atoms with Gasteiger partial charge in [-0.2, -0.15) is 0 Å². The lowest BCUT2D eigenvalue weighted by Gasteiger charge is -2.36. The first-order chi connectivity index (χ1) is 32.5. The maximum Gasteiger partial charge on any atom is 0.262 e. The third-order valence-corrected chi connectivity index (χ3v) is 14.5. The molecule has 0 bridgehead atoms. The van der Waals surface area contributed by atoms with Crippen LogP contribution in [-0.2, 0) is 23.9 Å². The van der Waals surface area contributed by atoms with Gasteiger partial charge >= 0.3 is 0 Å². The second kappa shape index (κ2) is 20.3. The van der Waals surface area contributed by atoms with E-state index in [1.807, 2.05) is 48.2 Å². The highest BCUT2D eigenvalue weighted by molar-refractivity contribution is 6.23. The molecule has 0 radical (unpaired) electrons. The summed E-state index contributed by atoms with van der Waals surface area (Å²) in [4.78, 5) is 88.4. The monoisotopic (exact) mass is 915 g/mol. The van der Waals surface area contributed by atoms with Crippen molar-refractivity contribution < 1.29 is 42.6 Å². The number of rotatable bonds is 14. The Hall–Kier alpha value is -6.26. The first kappa shape index (κ1) is 45.9. The third kappa shape index (κ3) is 10.3. The number of carbonyl (C=O) groups excluding carboxylic acids is 6. The summed E-state index contributed by atoms with van der Waals surface area (Å²) in [6, 6.07) is 18.5. The van der Waals surface area contributed by atoms with Crippen molar-refractivity contribution in [3.8, 4) is 5.75 Å². The molecule has 5 aliphatic rings. The minimum Gasteiger partial charge on any atom is -0.490 e. The topological polar surface area (TPSA) is 171 Å². The Bertz CT molecular complexity index is 2510. The summed E-state index contributed by atoms with van der Waals surface area (Å²) in [7, 11) is 0. The van der Waals surface area contributed by atoms with Crippen molar-refractivity contribution >= 4 is 57.7 Å². The number of fused-ring (bicyclic) bond motifs is 2. The average Bonchev–Trinajstić information content (AvgIpc) is 3.59. The molecule has 15 nitrogen and oxygen atoms in total. The van der Waals surface area contributed by atoms with E-state index in [9.17, 15) is 33.2 Å². The lowest BCUT2D eigenvalue weighted by Crippen LogP contribution is -2.54. The fourth-order valence-electron chi connectivity index (χ4n) is 10.4. The number of ether oxygens (including phenoxy) is 2. The van der Waals surface area contributed by atoms with Gasteiger partial charge in [-0.05, 0) is 116 Å². The van der Waals surface area contributed by atoms with Gasteiger partial charge in [0.1, 0.15) is 23.7 Å². The summed E-state index contributed by atoms with van der Waals surface area (Å²) in [6.45, 7) is 7.84. The Kier molecular flexibility index (Phi) is 13.9. The zero-order valence-corrected chi connectivity index (χ0v) is 37.9. The van der Waals surface area contributed by atoms with E-state index in [0.29, 0.717) is 38.6 Å². The molecule has 1 aromatic heterocycles. The molecule has 0 spiro atoms. The molecular weight excluding hydrogens is 858 g/mol. The molecule has 6 amide bonds. The Morgan fingerprint density at radius 2 is 1.57 bits per heavy atom. The van der Waals surface area contributed by atoms with Crippen LogP contribution in [0.5, 0.6) is 5.75 Å². The van der Waals surface area contributed by atoms with Crippen molar-refractivity contribution in [2.75, 3.05) is 69.2 Å². The SMILES string of the molecule is C[C@@H](C(=O)Nc1ccc(OC2CCN(C(=O)CCOCCN3CCN(c4ccc5c(c4)C(=O)N(C4CCC(=O)NC4=O)C5=O)CC3)CC2)cc1)[C@H]1CC[C@@H](c2ccnc3ccc(F)cc32)CC1.